The Balaban J connectivity index is 1.60. The van der Waals surface area contributed by atoms with Gasteiger partial charge in [0.15, 0.2) is 0 Å². The zero-order chi connectivity index (χ0) is 13.2. The molecule has 2 aliphatic heterocycles. The molecule has 0 aromatic rings. The molecule has 2 saturated heterocycles. The van der Waals surface area contributed by atoms with E-state index in [9.17, 15) is 5.11 Å². The zero-order valence-electron chi connectivity index (χ0n) is 12.3. The fraction of sp³-hybridized carbons (Fsp3) is 1.00. The summed E-state index contributed by atoms with van der Waals surface area (Å²) >= 11 is 0. The Bertz CT molecular complexity index is 296. The van der Waals surface area contributed by atoms with Crippen molar-refractivity contribution in [3.05, 3.63) is 0 Å². The summed E-state index contributed by atoms with van der Waals surface area (Å²) in [6.45, 7) is 4.49. The van der Waals surface area contributed by atoms with E-state index < -0.39 is 0 Å². The van der Waals surface area contributed by atoms with E-state index in [2.05, 4.69) is 11.8 Å². The maximum atomic E-state index is 10.2. The van der Waals surface area contributed by atoms with E-state index in [4.69, 9.17) is 4.74 Å². The van der Waals surface area contributed by atoms with E-state index in [1.165, 1.54) is 51.5 Å². The lowest BCUT2D eigenvalue weighted by molar-refractivity contribution is -0.0129. The van der Waals surface area contributed by atoms with Crippen molar-refractivity contribution in [3.63, 3.8) is 0 Å². The van der Waals surface area contributed by atoms with Gasteiger partial charge in [0.2, 0.25) is 0 Å². The number of rotatable bonds is 3. The second kappa shape index (κ2) is 6.11. The molecule has 3 rings (SSSR count). The van der Waals surface area contributed by atoms with Crippen LogP contribution in [-0.4, -0.2) is 47.4 Å². The minimum atomic E-state index is -0.0472. The van der Waals surface area contributed by atoms with Crippen LogP contribution >= 0.6 is 0 Å². The van der Waals surface area contributed by atoms with Gasteiger partial charge in [0.25, 0.3) is 0 Å². The van der Waals surface area contributed by atoms with Crippen molar-refractivity contribution >= 4 is 0 Å². The van der Waals surface area contributed by atoms with E-state index in [0.717, 1.165) is 13.0 Å². The molecule has 1 aliphatic carbocycles. The minimum absolute atomic E-state index is 0.0472. The van der Waals surface area contributed by atoms with Gasteiger partial charge in [0.1, 0.15) is 0 Å². The van der Waals surface area contributed by atoms with Gasteiger partial charge in [-0.25, -0.2) is 0 Å². The summed E-state index contributed by atoms with van der Waals surface area (Å²) in [4.78, 5) is 2.64. The normalized spacial score (nSPS) is 44.8. The van der Waals surface area contributed by atoms with E-state index in [0.29, 0.717) is 24.2 Å². The molecule has 3 fully saturated rings. The number of piperidine rings is 1. The quantitative estimate of drug-likeness (QED) is 0.853. The molecule has 2 heterocycles. The van der Waals surface area contributed by atoms with Gasteiger partial charge in [-0.05, 0) is 52.0 Å². The van der Waals surface area contributed by atoms with Gasteiger partial charge in [0, 0.05) is 18.5 Å². The maximum absolute atomic E-state index is 10.2. The summed E-state index contributed by atoms with van der Waals surface area (Å²) in [6, 6.07) is 0.616. The van der Waals surface area contributed by atoms with Crippen molar-refractivity contribution in [1.29, 1.82) is 0 Å². The maximum Gasteiger partial charge on any atom is 0.0706 e. The highest BCUT2D eigenvalue weighted by atomic mass is 16.5. The predicted molar refractivity (Wildman–Crippen MR) is 76.1 cm³/mol. The smallest absolute Gasteiger partial charge is 0.0706 e. The molecule has 19 heavy (non-hydrogen) atoms. The minimum Gasteiger partial charge on any atom is -0.393 e. The lowest BCUT2D eigenvalue weighted by atomic mass is 9.87. The Hall–Kier alpha value is -0.120. The van der Waals surface area contributed by atoms with Crippen molar-refractivity contribution in [2.45, 2.75) is 82.6 Å². The third kappa shape index (κ3) is 3.14. The van der Waals surface area contributed by atoms with Gasteiger partial charge < -0.3 is 9.84 Å². The van der Waals surface area contributed by atoms with Crippen LogP contribution in [-0.2, 0) is 4.74 Å². The number of ether oxygens (including phenoxy) is 1. The lowest BCUT2D eigenvalue weighted by Crippen LogP contribution is -2.49. The monoisotopic (exact) mass is 267 g/mol. The Kier molecular flexibility index (Phi) is 4.45. The first-order valence-electron chi connectivity index (χ1n) is 8.31. The van der Waals surface area contributed by atoms with Crippen molar-refractivity contribution in [3.8, 4) is 0 Å². The summed E-state index contributed by atoms with van der Waals surface area (Å²) in [6.07, 6.45) is 10.7. The zero-order valence-corrected chi connectivity index (χ0v) is 12.3. The molecule has 0 spiro atoms. The lowest BCUT2D eigenvalue weighted by Gasteiger charge is -2.41. The average molecular weight is 267 g/mol. The Morgan fingerprint density at radius 3 is 2.63 bits per heavy atom. The van der Waals surface area contributed by atoms with Crippen LogP contribution in [0.2, 0.25) is 0 Å². The van der Waals surface area contributed by atoms with E-state index in [1.807, 2.05) is 0 Å². The van der Waals surface area contributed by atoms with E-state index in [-0.39, 0.29) is 6.10 Å². The van der Waals surface area contributed by atoms with Crippen LogP contribution in [0.5, 0.6) is 0 Å². The first kappa shape index (κ1) is 13.8. The van der Waals surface area contributed by atoms with E-state index >= 15 is 0 Å². The molecule has 0 amide bonds. The largest absolute Gasteiger partial charge is 0.393 e. The molecule has 0 bridgehead atoms. The summed E-state index contributed by atoms with van der Waals surface area (Å²) in [5.74, 6) is 0.527. The first-order valence-corrected chi connectivity index (χ1v) is 8.31. The van der Waals surface area contributed by atoms with Gasteiger partial charge in [-0.2, -0.15) is 0 Å². The standard InChI is InChI=1S/C16H29NO2/c1-12-8-9-13(19-12)11-17-10-3-2-6-15(17)14-5-4-7-16(14)18/h12-16,18H,2-11H2,1H3. The van der Waals surface area contributed by atoms with Crippen LogP contribution in [0, 0.1) is 5.92 Å². The Morgan fingerprint density at radius 1 is 1.05 bits per heavy atom. The second-order valence-electron chi connectivity index (χ2n) is 6.87. The van der Waals surface area contributed by atoms with Gasteiger partial charge >= 0.3 is 0 Å². The fourth-order valence-electron chi connectivity index (χ4n) is 4.43. The molecule has 5 atom stereocenters. The van der Waals surface area contributed by atoms with Crippen LogP contribution in [0.4, 0.5) is 0 Å². The molecule has 3 nitrogen and oxygen atoms in total. The Morgan fingerprint density at radius 2 is 1.95 bits per heavy atom. The first-order chi connectivity index (χ1) is 9.24. The number of aliphatic hydroxyl groups excluding tert-OH is 1. The summed E-state index contributed by atoms with van der Waals surface area (Å²) in [5, 5.41) is 10.2. The van der Waals surface area contributed by atoms with Crippen LogP contribution in [0.15, 0.2) is 0 Å². The van der Waals surface area contributed by atoms with Crippen molar-refractivity contribution in [2.75, 3.05) is 13.1 Å². The SMILES string of the molecule is CC1CCC(CN2CCCCC2C2CCCC2O)O1. The van der Waals surface area contributed by atoms with E-state index in [1.54, 1.807) is 0 Å². The third-order valence-electron chi connectivity index (χ3n) is 5.45. The number of aliphatic hydroxyl groups is 1. The average Bonchev–Trinajstić information content (AvgIpc) is 2.99. The van der Waals surface area contributed by atoms with Gasteiger partial charge in [-0.15, -0.1) is 0 Å². The highest BCUT2D eigenvalue weighted by Crippen LogP contribution is 2.35. The molecule has 0 aromatic carbocycles. The van der Waals surface area contributed by atoms with Crippen molar-refractivity contribution < 1.29 is 9.84 Å². The Labute approximate surface area is 117 Å². The number of nitrogens with zero attached hydrogens (tertiary/aromatic N) is 1. The van der Waals surface area contributed by atoms with Gasteiger partial charge in [-0.3, -0.25) is 4.90 Å². The molecule has 0 radical (unpaired) electrons. The van der Waals surface area contributed by atoms with Gasteiger partial charge in [-0.1, -0.05) is 12.8 Å². The van der Waals surface area contributed by atoms with Gasteiger partial charge in [0.05, 0.1) is 18.3 Å². The number of hydrogen-bond acceptors (Lipinski definition) is 3. The topological polar surface area (TPSA) is 32.7 Å². The van der Waals surface area contributed by atoms with Crippen LogP contribution < -0.4 is 0 Å². The van der Waals surface area contributed by atoms with Crippen LogP contribution in [0.1, 0.15) is 58.3 Å². The highest BCUT2D eigenvalue weighted by molar-refractivity contribution is 4.91. The van der Waals surface area contributed by atoms with Crippen LogP contribution in [0.25, 0.3) is 0 Å². The number of hydrogen-bond donors (Lipinski definition) is 1. The summed E-state index contributed by atoms with van der Waals surface area (Å²) in [7, 11) is 0. The second-order valence-corrected chi connectivity index (χ2v) is 6.87. The summed E-state index contributed by atoms with van der Waals surface area (Å²) < 4.78 is 6.00. The molecule has 3 aliphatic rings. The molecular weight excluding hydrogens is 238 g/mol. The number of likely N-dealkylation sites (tertiary alicyclic amines) is 1. The summed E-state index contributed by atoms with van der Waals surface area (Å²) in [5.41, 5.74) is 0. The van der Waals surface area contributed by atoms with Crippen molar-refractivity contribution in [2.24, 2.45) is 5.92 Å². The third-order valence-corrected chi connectivity index (χ3v) is 5.45. The molecular formula is C16H29NO2. The predicted octanol–water partition coefficient (Wildman–Crippen LogP) is 2.57. The highest BCUT2D eigenvalue weighted by Gasteiger charge is 2.38. The molecule has 1 N–H and O–H groups in total. The molecule has 5 unspecified atom stereocenters. The van der Waals surface area contributed by atoms with Crippen LogP contribution in [0.3, 0.4) is 0 Å². The van der Waals surface area contributed by atoms with Crippen molar-refractivity contribution in [1.82, 2.24) is 4.90 Å². The molecule has 3 heteroatoms. The fourth-order valence-corrected chi connectivity index (χ4v) is 4.43. The molecule has 1 saturated carbocycles. The molecule has 110 valence electrons. The molecule has 0 aromatic heterocycles.